The minimum absolute atomic E-state index is 0.116. The third-order valence-electron chi connectivity index (χ3n) is 2.40. The lowest BCUT2D eigenvalue weighted by Crippen LogP contribution is -2.20. The van der Waals surface area contributed by atoms with Crippen molar-refractivity contribution in [3.05, 3.63) is 35.9 Å². The molecule has 0 N–H and O–H groups in total. The van der Waals surface area contributed by atoms with Gasteiger partial charge in [-0.25, -0.2) is 0 Å². The van der Waals surface area contributed by atoms with Gasteiger partial charge in [0.1, 0.15) is 5.92 Å². The molecule has 90 valence electrons. The summed E-state index contributed by atoms with van der Waals surface area (Å²) >= 11 is 0. The van der Waals surface area contributed by atoms with Crippen molar-refractivity contribution >= 4 is 5.97 Å². The Balaban J connectivity index is 2.48. The zero-order chi connectivity index (χ0) is 12.7. The van der Waals surface area contributed by atoms with Crippen molar-refractivity contribution < 1.29 is 9.53 Å². The molecule has 17 heavy (non-hydrogen) atoms. The second-order valence-electron chi connectivity index (χ2n) is 4.23. The van der Waals surface area contributed by atoms with E-state index in [9.17, 15) is 4.79 Å². The molecule has 1 unspecified atom stereocenters. The van der Waals surface area contributed by atoms with E-state index in [2.05, 4.69) is 5.92 Å². The van der Waals surface area contributed by atoms with E-state index in [0.717, 1.165) is 6.42 Å². The Hall–Kier alpha value is -1.75. The highest BCUT2D eigenvalue weighted by molar-refractivity contribution is 5.75. The summed E-state index contributed by atoms with van der Waals surface area (Å²) in [7, 11) is 0. The van der Waals surface area contributed by atoms with E-state index in [4.69, 9.17) is 11.2 Å². The fraction of sp³-hybridized carbons (Fsp3) is 0.400. The van der Waals surface area contributed by atoms with Gasteiger partial charge in [-0.05, 0) is 32.3 Å². The predicted octanol–water partition coefficient (Wildman–Crippen LogP) is 2.82. The molecule has 2 nitrogen and oxygen atoms in total. The molecule has 1 atom stereocenters. The monoisotopic (exact) mass is 230 g/mol. The van der Waals surface area contributed by atoms with Crippen molar-refractivity contribution in [3.8, 4) is 12.3 Å². The highest BCUT2D eigenvalue weighted by atomic mass is 16.5. The zero-order valence-electron chi connectivity index (χ0n) is 10.3. The van der Waals surface area contributed by atoms with Crippen LogP contribution in [0.2, 0.25) is 0 Å². The summed E-state index contributed by atoms with van der Waals surface area (Å²) in [6.45, 7) is 3.64. The number of benzene rings is 1. The van der Waals surface area contributed by atoms with E-state index in [1.54, 1.807) is 0 Å². The van der Waals surface area contributed by atoms with Gasteiger partial charge in [0.25, 0.3) is 0 Å². The molecule has 0 saturated heterocycles. The van der Waals surface area contributed by atoms with Gasteiger partial charge in [0, 0.05) is 0 Å². The Bertz CT molecular complexity index is 387. The van der Waals surface area contributed by atoms with Gasteiger partial charge in [0.15, 0.2) is 0 Å². The quantitative estimate of drug-likeness (QED) is 0.574. The largest absolute Gasteiger partial charge is 0.462 e. The van der Waals surface area contributed by atoms with Gasteiger partial charge in [-0.15, -0.1) is 6.42 Å². The molecule has 0 spiro atoms. The summed E-state index contributed by atoms with van der Waals surface area (Å²) < 4.78 is 5.11. The van der Waals surface area contributed by atoms with Crippen molar-refractivity contribution in [1.82, 2.24) is 0 Å². The van der Waals surface area contributed by atoms with Crippen LogP contribution in [-0.2, 0) is 16.0 Å². The van der Waals surface area contributed by atoms with E-state index < -0.39 is 5.92 Å². The van der Waals surface area contributed by atoms with Gasteiger partial charge < -0.3 is 4.74 Å². The number of aryl methyl sites for hydroxylation is 1. The standard InChI is InChI=1S/C15H18O2/c1-4-14(15(16)17-12(2)3)11-10-13-8-6-5-7-9-13/h1,5-9,12,14H,10-11H2,2-3H3. The minimum atomic E-state index is -0.447. The van der Waals surface area contributed by atoms with Crippen LogP contribution in [0, 0.1) is 18.3 Å². The van der Waals surface area contributed by atoms with Crippen LogP contribution in [0.5, 0.6) is 0 Å². The number of esters is 1. The first-order valence-corrected chi connectivity index (χ1v) is 5.84. The fourth-order valence-electron chi connectivity index (χ4n) is 1.54. The van der Waals surface area contributed by atoms with E-state index >= 15 is 0 Å². The van der Waals surface area contributed by atoms with Gasteiger partial charge in [-0.2, -0.15) is 0 Å². The lowest BCUT2D eigenvalue weighted by atomic mass is 10.0. The van der Waals surface area contributed by atoms with Gasteiger partial charge in [0.2, 0.25) is 0 Å². The lowest BCUT2D eigenvalue weighted by molar-refractivity contribution is -0.150. The Labute approximate surface area is 103 Å². The van der Waals surface area contributed by atoms with Crippen molar-refractivity contribution in [2.75, 3.05) is 0 Å². The molecule has 1 rings (SSSR count). The van der Waals surface area contributed by atoms with Crippen LogP contribution >= 0.6 is 0 Å². The molecular formula is C15H18O2. The molecule has 0 aliphatic carbocycles. The van der Waals surface area contributed by atoms with Gasteiger partial charge in [0.05, 0.1) is 6.10 Å². The molecule has 0 heterocycles. The number of ether oxygens (including phenoxy) is 1. The summed E-state index contributed by atoms with van der Waals surface area (Å²) in [4.78, 5) is 11.6. The van der Waals surface area contributed by atoms with Crippen LogP contribution in [0.25, 0.3) is 0 Å². The molecule has 0 aromatic heterocycles. The smallest absolute Gasteiger partial charge is 0.321 e. The van der Waals surface area contributed by atoms with Crippen molar-refractivity contribution in [2.24, 2.45) is 5.92 Å². The number of hydrogen-bond donors (Lipinski definition) is 0. The summed E-state index contributed by atoms with van der Waals surface area (Å²) in [5.41, 5.74) is 1.19. The molecule has 2 heteroatoms. The summed E-state index contributed by atoms with van der Waals surface area (Å²) in [5.74, 6) is 1.76. The van der Waals surface area contributed by atoms with Crippen LogP contribution in [0.15, 0.2) is 30.3 Å². The van der Waals surface area contributed by atoms with E-state index in [1.165, 1.54) is 5.56 Å². The molecule has 0 bridgehead atoms. The molecule has 1 aromatic carbocycles. The molecule has 0 fully saturated rings. The maximum Gasteiger partial charge on any atom is 0.321 e. The van der Waals surface area contributed by atoms with Gasteiger partial charge >= 0.3 is 5.97 Å². The van der Waals surface area contributed by atoms with E-state index in [-0.39, 0.29) is 12.1 Å². The number of terminal acetylenes is 1. The Morgan fingerprint density at radius 1 is 1.35 bits per heavy atom. The maximum absolute atomic E-state index is 11.6. The third-order valence-corrected chi connectivity index (χ3v) is 2.40. The molecule has 0 aliphatic heterocycles. The SMILES string of the molecule is C#CC(CCc1ccccc1)C(=O)OC(C)C. The molecule has 1 aromatic rings. The third kappa shape index (κ3) is 4.74. The number of hydrogen-bond acceptors (Lipinski definition) is 2. The molecular weight excluding hydrogens is 212 g/mol. The minimum Gasteiger partial charge on any atom is -0.462 e. The van der Waals surface area contributed by atoms with Crippen LogP contribution < -0.4 is 0 Å². The second kappa shape index (κ2) is 6.75. The summed E-state index contributed by atoms with van der Waals surface area (Å²) in [6.07, 6.45) is 6.67. The highest BCUT2D eigenvalue weighted by Gasteiger charge is 2.18. The molecule has 0 saturated carbocycles. The Morgan fingerprint density at radius 2 is 2.00 bits per heavy atom. The van der Waals surface area contributed by atoms with E-state index in [0.29, 0.717) is 6.42 Å². The zero-order valence-corrected chi connectivity index (χ0v) is 10.3. The number of carbonyl (C=O) groups is 1. The first-order valence-electron chi connectivity index (χ1n) is 5.84. The normalized spacial score (nSPS) is 11.9. The first-order chi connectivity index (χ1) is 8.13. The molecule has 0 aliphatic rings. The van der Waals surface area contributed by atoms with Crippen LogP contribution in [0.3, 0.4) is 0 Å². The van der Waals surface area contributed by atoms with Crippen LogP contribution in [0.1, 0.15) is 25.8 Å². The summed E-state index contributed by atoms with van der Waals surface area (Å²) in [5, 5.41) is 0. The predicted molar refractivity (Wildman–Crippen MR) is 68.3 cm³/mol. The van der Waals surface area contributed by atoms with Crippen LogP contribution in [-0.4, -0.2) is 12.1 Å². The Kier molecular flexibility index (Phi) is 5.29. The van der Waals surface area contributed by atoms with Crippen molar-refractivity contribution in [1.29, 1.82) is 0 Å². The first kappa shape index (κ1) is 13.3. The highest BCUT2D eigenvalue weighted by Crippen LogP contribution is 2.11. The van der Waals surface area contributed by atoms with Crippen molar-refractivity contribution in [3.63, 3.8) is 0 Å². The average molecular weight is 230 g/mol. The number of carbonyl (C=O) groups excluding carboxylic acids is 1. The van der Waals surface area contributed by atoms with Gasteiger partial charge in [-0.1, -0.05) is 36.3 Å². The second-order valence-corrected chi connectivity index (χ2v) is 4.23. The van der Waals surface area contributed by atoms with Crippen LogP contribution in [0.4, 0.5) is 0 Å². The Morgan fingerprint density at radius 3 is 2.53 bits per heavy atom. The molecule has 0 radical (unpaired) electrons. The lowest BCUT2D eigenvalue weighted by Gasteiger charge is -2.13. The van der Waals surface area contributed by atoms with Crippen molar-refractivity contribution in [2.45, 2.75) is 32.8 Å². The fourth-order valence-corrected chi connectivity index (χ4v) is 1.54. The molecule has 0 amide bonds. The summed E-state index contributed by atoms with van der Waals surface area (Å²) in [6, 6.07) is 9.98. The average Bonchev–Trinajstić information content (AvgIpc) is 2.30. The van der Waals surface area contributed by atoms with Gasteiger partial charge in [-0.3, -0.25) is 4.79 Å². The number of rotatable bonds is 5. The maximum atomic E-state index is 11.6. The topological polar surface area (TPSA) is 26.3 Å². The van der Waals surface area contributed by atoms with E-state index in [1.807, 2.05) is 44.2 Å².